The number of nitrogens with zero attached hydrogens (tertiary/aromatic N) is 5. The van der Waals surface area contributed by atoms with Crippen molar-refractivity contribution in [3.63, 3.8) is 0 Å². The van der Waals surface area contributed by atoms with Crippen molar-refractivity contribution < 1.29 is 9.90 Å². The second kappa shape index (κ2) is 10.1. The predicted molar refractivity (Wildman–Crippen MR) is 172 cm³/mol. The van der Waals surface area contributed by atoms with Gasteiger partial charge in [0.2, 0.25) is 5.43 Å². The van der Waals surface area contributed by atoms with Crippen molar-refractivity contribution in [1.82, 2.24) is 24.4 Å². The predicted octanol–water partition coefficient (Wildman–Crippen LogP) is 5.45. The number of benzene rings is 1. The lowest BCUT2D eigenvalue weighted by Crippen LogP contribution is -2.35. The third kappa shape index (κ3) is 4.18. The second-order valence-corrected chi connectivity index (χ2v) is 12.7. The number of hydrogen-bond donors (Lipinski definition) is 3. The molecule has 1 aromatic carbocycles. The van der Waals surface area contributed by atoms with Crippen molar-refractivity contribution in [2.45, 2.75) is 18.9 Å². The molecule has 1 aliphatic carbocycles. The maximum Gasteiger partial charge on any atom is 0.341 e. The number of aromatic amines is 1. The molecule has 0 bridgehead atoms. The van der Waals surface area contributed by atoms with Crippen LogP contribution in [0.2, 0.25) is 10.0 Å². The Morgan fingerprint density at radius 3 is 2.65 bits per heavy atom. The molecule has 0 unspecified atom stereocenters. The first-order valence-corrected chi connectivity index (χ1v) is 15.0. The van der Waals surface area contributed by atoms with Gasteiger partial charge in [0, 0.05) is 68.3 Å². The Kier molecular flexibility index (Phi) is 6.57. The Morgan fingerprint density at radius 2 is 1.93 bits per heavy atom. The molecule has 1 aliphatic heterocycles. The summed E-state index contributed by atoms with van der Waals surface area (Å²) in [6, 6.07) is 4.02. The van der Waals surface area contributed by atoms with E-state index in [1.165, 1.54) is 12.6 Å². The lowest BCUT2D eigenvalue weighted by atomic mass is 9.97. The van der Waals surface area contributed by atoms with Crippen molar-refractivity contribution in [3.8, 4) is 11.1 Å². The Bertz CT molecular complexity index is 2040. The van der Waals surface area contributed by atoms with Gasteiger partial charge in [0.1, 0.15) is 16.9 Å². The largest absolute Gasteiger partial charge is 0.477 e. The van der Waals surface area contributed by atoms with Crippen LogP contribution in [-0.2, 0) is 7.05 Å². The van der Waals surface area contributed by atoms with Crippen LogP contribution in [0.1, 0.15) is 23.2 Å². The van der Waals surface area contributed by atoms with E-state index in [2.05, 4.69) is 39.2 Å². The van der Waals surface area contributed by atoms with E-state index in [1.807, 2.05) is 7.05 Å². The summed E-state index contributed by atoms with van der Waals surface area (Å²) in [5.41, 5.74) is 4.21. The normalized spacial score (nSPS) is 20.2. The van der Waals surface area contributed by atoms with Gasteiger partial charge in [-0.2, -0.15) is 0 Å². The molecule has 222 valence electrons. The lowest BCUT2D eigenvalue weighted by molar-refractivity contribution is 0.0695. The number of carboxylic acids is 1. The first-order valence-electron chi connectivity index (χ1n) is 14.2. The first kappa shape index (κ1) is 27.9. The van der Waals surface area contributed by atoms with Crippen molar-refractivity contribution in [1.29, 1.82) is 0 Å². The molecule has 4 aromatic heterocycles. The molecule has 2 fully saturated rings. The minimum absolute atomic E-state index is 0.231. The molecule has 0 radical (unpaired) electrons. The molecule has 5 heterocycles. The highest BCUT2D eigenvalue weighted by Crippen LogP contribution is 2.49. The average molecular weight is 621 g/mol. The molecular weight excluding hydrogens is 589 g/mol. The molecule has 1 saturated heterocycles. The average Bonchev–Trinajstić information content (AvgIpc) is 3.68. The molecule has 7 rings (SSSR count). The van der Waals surface area contributed by atoms with Gasteiger partial charge in [-0.25, -0.2) is 14.8 Å². The summed E-state index contributed by atoms with van der Waals surface area (Å²) in [6.07, 6.45) is 7.16. The number of rotatable bonds is 5. The van der Waals surface area contributed by atoms with Gasteiger partial charge in [-0.1, -0.05) is 23.2 Å². The van der Waals surface area contributed by atoms with Gasteiger partial charge in [0.25, 0.3) is 0 Å². The van der Waals surface area contributed by atoms with Crippen LogP contribution in [0.3, 0.4) is 0 Å². The number of halogens is 2. The summed E-state index contributed by atoms with van der Waals surface area (Å²) in [6.45, 7) is 1.73. The van der Waals surface area contributed by atoms with Crippen molar-refractivity contribution in [2.75, 3.05) is 44.4 Å². The van der Waals surface area contributed by atoms with Gasteiger partial charge < -0.3 is 29.8 Å². The monoisotopic (exact) mass is 619 g/mol. The number of hydrogen-bond acceptors (Lipinski definition) is 7. The van der Waals surface area contributed by atoms with Gasteiger partial charge in [0.05, 0.1) is 37.7 Å². The highest BCUT2D eigenvalue weighted by Gasteiger charge is 2.44. The van der Waals surface area contributed by atoms with Crippen LogP contribution in [0.25, 0.3) is 44.1 Å². The number of H-pyrrole nitrogens is 1. The molecule has 43 heavy (non-hydrogen) atoms. The Labute approximate surface area is 257 Å². The minimum Gasteiger partial charge on any atom is -0.477 e. The third-order valence-electron chi connectivity index (χ3n) is 9.39. The Hall–Kier alpha value is -3.86. The lowest BCUT2D eigenvalue weighted by Gasteiger charge is -2.28. The number of aryl methyl sites for hydroxylation is 1. The fourth-order valence-corrected chi connectivity index (χ4v) is 7.85. The zero-order valence-corrected chi connectivity index (χ0v) is 25.7. The topological polar surface area (TPSA) is 119 Å². The third-order valence-corrected chi connectivity index (χ3v) is 10.2. The zero-order valence-electron chi connectivity index (χ0n) is 24.2. The van der Waals surface area contributed by atoms with Crippen LogP contribution < -0.4 is 15.6 Å². The van der Waals surface area contributed by atoms with E-state index in [0.717, 1.165) is 52.7 Å². The summed E-state index contributed by atoms with van der Waals surface area (Å²) in [7, 11) is 7.82. The minimum atomic E-state index is -1.28. The van der Waals surface area contributed by atoms with Crippen LogP contribution in [0, 0.1) is 11.8 Å². The van der Waals surface area contributed by atoms with Gasteiger partial charge in [-0.3, -0.25) is 4.79 Å². The number of aromatic nitrogens is 4. The molecule has 0 spiro atoms. The second-order valence-electron chi connectivity index (χ2n) is 11.9. The van der Waals surface area contributed by atoms with Crippen molar-refractivity contribution >= 4 is 73.5 Å². The number of carbonyl (C=O) groups is 1. The van der Waals surface area contributed by atoms with Crippen molar-refractivity contribution in [3.05, 3.63) is 56.6 Å². The zero-order chi connectivity index (χ0) is 30.3. The fourth-order valence-electron chi connectivity index (χ4n) is 7.40. The van der Waals surface area contributed by atoms with E-state index in [9.17, 15) is 14.7 Å². The molecule has 1 saturated carbocycles. The molecule has 12 heteroatoms. The van der Waals surface area contributed by atoms with E-state index < -0.39 is 11.4 Å². The van der Waals surface area contributed by atoms with E-state index in [4.69, 9.17) is 28.2 Å². The van der Waals surface area contributed by atoms with Crippen LogP contribution in [0.15, 0.2) is 35.5 Å². The number of pyridine rings is 3. The highest BCUT2D eigenvalue weighted by molar-refractivity contribution is 6.47. The Balaban J connectivity index is 1.53. The number of anilines is 2. The molecule has 2 aliphatic rings. The molecule has 0 amide bonds. The van der Waals surface area contributed by atoms with E-state index in [1.54, 1.807) is 36.1 Å². The van der Waals surface area contributed by atoms with Crippen LogP contribution in [0.4, 0.5) is 11.4 Å². The van der Waals surface area contributed by atoms with E-state index in [0.29, 0.717) is 44.8 Å². The molecule has 3 atom stereocenters. The highest BCUT2D eigenvalue weighted by atomic mass is 35.5. The molecule has 10 nitrogen and oxygen atoms in total. The van der Waals surface area contributed by atoms with Crippen LogP contribution in [0.5, 0.6) is 0 Å². The molecule has 3 N–H and O–H groups in total. The van der Waals surface area contributed by atoms with Gasteiger partial charge >= 0.3 is 5.97 Å². The van der Waals surface area contributed by atoms with Gasteiger partial charge in [-0.15, -0.1) is 0 Å². The number of fused-ring (bicyclic) bond motifs is 5. The first-order chi connectivity index (χ1) is 20.6. The van der Waals surface area contributed by atoms with Gasteiger partial charge in [-0.05, 0) is 50.9 Å². The number of nitrogens with one attached hydrogen (secondary N) is 2. The van der Waals surface area contributed by atoms with Crippen LogP contribution >= 0.6 is 23.2 Å². The summed E-state index contributed by atoms with van der Waals surface area (Å²) in [5.74, 6) is -0.231. The quantitative estimate of drug-likeness (QED) is 0.237. The van der Waals surface area contributed by atoms with Crippen LogP contribution in [-0.4, -0.2) is 75.8 Å². The maximum atomic E-state index is 13.3. The number of aromatic carboxylic acids is 1. The van der Waals surface area contributed by atoms with E-state index >= 15 is 0 Å². The standard InChI is InChI=1S/C31H31Cl2N7O3/c1-34-21-8-20(32)25(33)23-24-27(40-11-14-5-6-22(38(2)3)18(14)13-40)17(10-35-29(24)37-26(21)23)15-7-16-28(41)19(31(42)43)12-39(4)30(16)36-9-15/h7-10,12,14,18,22,34H,5-6,11,13H2,1-4H3,(H,35,37)(H,42,43)/t14-,18+,22-/m1/s1. The van der Waals surface area contributed by atoms with E-state index in [-0.39, 0.29) is 10.9 Å². The summed E-state index contributed by atoms with van der Waals surface area (Å²) >= 11 is 13.6. The maximum absolute atomic E-state index is 13.3. The van der Waals surface area contributed by atoms with Crippen molar-refractivity contribution in [2.24, 2.45) is 18.9 Å². The molecule has 5 aromatic rings. The Morgan fingerprint density at radius 1 is 1.14 bits per heavy atom. The fraction of sp³-hybridized carbons (Fsp3) is 0.355. The van der Waals surface area contributed by atoms with Gasteiger partial charge in [0.15, 0.2) is 0 Å². The summed E-state index contributed by atoms with van der Waals surface area (Å²) in [5, 5.41) is 15.6. The summed E-state index contributed by atoms with van der Waals surface area (Å²) in [4.78, 5) is 42.8. The summed E-state index contributed by atoms with van der Waals surface area (Å²) < 4.78 is 1.57. The molecular formula is C31H31Cl2N7O3. The smallest absolute Gasteiger partial charge is 0.341 e. The number of carboxylic acid groups (broad SMARTS) is 1. The SMILES string of the molecule is CNc1cc(Cl)c(Cl)c2c1[nH]c1ncc(-c3cnc4c(c3)c(=O)c(C(=O)O)cn4C)c(N3C[C@H]4CC[C@@H](N(C)C)[C@H]4C3)c12.